The molecule has 1 aliphatic heterocycles. The minimum Gasteiger partial charge on any atom is -0.394 e. The highest BCUT2D eigenvalue weighted by molar-refractivity contribution is 5.90. The van der Waals surface area contributed by atoms with E-state index in [4.69, 9.17) is 19.9 Å². The van der Waals surface area contributed by atoms with Gasteiger partial charge in [0.05, 0.1) is 24.2 Å². The molecule has 10 heteroatoms. The number of hydrogen-bond donors (Lipinski definition) is 4. The molecule has 1 fully saturated rings. The van der Waals surface area contributed by atoms with Gasteiger partial charge in [0.15, 0.2) is 12.5 Å². The summed E-state index contributed by atoms with van der Waals surface area (Å²) in [7, 11) is 0. The van der Waals surface area contributed by atoms with E-state index in [1.54, 1.807) is 10.8 Å². The highest BCUT2D eigenvalue weighted by atomic mass is 16.7. The summed E-state index contributed by atoms with van der Waals surface area (Å²) in [6.07, 6.45) is -1.27. The third kappa shape index (κ3) is 3.96. The van der Waals surface area contributed by atoms with Crippen LogP contribution in [0.5, 0.6) is 0 Å². The summed E-state index contributed by atoms with van der Waals surface area (Å²) < 4.78 is 19.3. The Morgan fingerprint density at radius 3 is 2.38 bits per heavy atom. The van der Waals surface area contributed by atoms with Gasteiger partial charge in [-0.1, -0.05) is 0 Å². The molecular formula is C19H30N4O6. The molecule has 4 atom stereocenters. The average molecular weight is 410 g/mol. The SMILES string of the molecule is CC(C)OC(OC(C)C)c1cn([C@@H]2O[C@H](CO)[C@@H](O)[C@@]2(C)O)c2ncnc(N)c12. The van der Waals surface area contributed by atoms with Crippen LogP contribution in [-0.2, 0) is 14.2 Å². The number of nitrogens with two attached hydrogens (primary N) is 1. The molecule has 1 aliphatic rings. The monoisotopic (exact) mass is 410 g/mol. The van der Waals surface area contributed by atoms with E-state index in [0.717, 1.165) is 0 Å². The van der Waals surface area contributed by atoms with Gasteiger partial charge >= 0.3 is 0 Å². The predicted octanol–water partition coefficient (Wildman–Crippen LogP) is 0.864. The quantitative estimate of drug-likeness (QED) is 0.488. The Balaban J connectivity index is 2.17. The van der Waals surface area contributed by atoms with E-state index in [1.165, 1.54) is 13.3 Å². The Hall–Kier alpha value is -1.82. The fourth-order valence-electron chi connectivity index (χ4n) is 3.56. The summed E-state index contributed by atoms with van der Waals surface area (Å²) >= 11 is 0. The molecule has 0 bridgehead atoms. The highest BCUT2D eigenvalue weighted by Crippen LogP contribution is 2.42. The van der Waals surface area contributed by atoms with E-state index in [2.05, 4.69) is 9.97 Å². The molecule has 0 aromatic carbocycles. The van der Waals surface area contributed by atoms with E-state index in [1.807, 2.05) is 27.7 Å². The third-order valence-corrected chi connectivity index (χ3v) is 4.90. The van der Waals surface area contributed by atoms with E-state index >= 15 is 0 Å². The molecule has 0 radical (unpaired) electrons. The fraction of sp³-hybridized carbons (Fsp3) is 0.684. The lowest BCUT2D eigenvalue weighted by Gasteiger charge is -2.27. The first kappa shape index (κ1) is 21.9. The molecule has 162 valence electrons. The molecule has 2 aromatic heterocycles. The van der Waals surface area contributed by atoms with Crippen LogP contribution in [0.4, 0.5) is 5.82 Å². The second-order valence-electron chi connectivity index (χ2n) is 8.03. The van der Waals surface area contributed by atoms with Crippen LogP contribution in [0.1, 0.15) is 52.7 Å². The number of rotatable bonds is 7. The van der Waals surface area contributed by atoms with Crippen LogP contribution in [0.2, 0.25) is 0 Å². The highest BCUT2D eigenvalue weighted by Gasteiger charge is 2.53. The summed E-state index contributed by atoms with van der Waals surface area (Å²) in [5, 5.41) is 31.3. The van der Waals surface area contributed by atoms with Gasteiger partial charge in [0.2, 0.25) is 0 Å². The molecule has 0 unspecified atom stereocenters. The number of nitrogen functional groups attached to an aromatic ring is 1. The summed E-state index contributed by atoms with van der Waals surface area (Å²) in [4.78, 5) is 8.40. The van der Waals surface area contributed by atoms with E-state index in [0.29, 0.717) is 16.6 Å². The van der Waals surface area contributed by atoms with Crippen molar-refractivity contribution in [1.82, 2.24) is 14.5 Å². The summed E-state index contributed by atoms with van der Waals surface area (Å²) in [6, 6.07) is 0. The third-order valence-electron chi connectivity index (χ3n) is 4.90. The minimum absolute atomic E-state index is 0.130. The number of nitrogens with zero attached hydrogens (tertiary/aromatic N) is 3. The molecule has 0 amide bonds. The lowest BCUT2D eigenvalue weighted by atomic mass is 9.96. The van der Waals surface area contributed by atoms with Gasteiger partial charge in [0.25, 0.3) is 0 Å². The maximum Gasteiger partial charge on any atom is 0.186 e. The van der Waals surface area contributed by atoms with E-state index in [9.17, 15) is 15.3 Å². The lowest BCUT2D eigenvalue weighted by molar-refractivity contribution is -0.185. The van der Waals surface area contributed by atoms with Crippen LogP contribution < -0.4 is 5.73 Å². The zero-order valence-electron chi connectivity index (χ0n) is 17.3. The molecule has 3 heterocycles. The minimum atomic E-state index is -1.68. The number of aliphatic hydroxyl groups is 3. The van der Waals surface area contributed by atoms with Crippen molar-refractivity contribution in [3.05, 3.63) is 18.1 Å². The summed E-state index contributed by atoms with van der Waals surface area (Å²) in [6.45, 7) is 8.57. The predicted molar refractivity (Wildman–Crippen MR) is 105 cm³/mol. The van der Waals surface area contributed by atoms with Gasteiger partial charge in [-0.25, -0.2) is 9.97 Å². The van der Waals surface area contributed by atoms with E-state index in [-0.39, 0.29) is 18.0 Å². The van der Waals surface area contributed by atoms with Gasteiger partial charge in [-0.3, -0.25) is 0 Å². The van der Waals surface area contributed by atoms with Crippen LogP contribution >= 0.6 is 0 Å². The normalized spacial score (nSPS) is 27.8. The zero-order valence-corrected chi connectivity index (χ0v) is 17.3. The van der Waals surface area contributed by atoms with Crippen molar-refractivity contribution in [3.63, 3.8) is 0 Å². The van der Waals surface area contributed by atoms with Crippen molar-refractivity contribution in [2.45, 2.75) is 77.2 Å². The molecule has 29 heavy (non-hydrogen) atoms. The number of fused-ring (bicyclic) bond motifs is 1. The maximum atomic E-state index is 10.9. The molecule has 1 saturated heterocycles. The molecular weight excluding hydrogens is 380 g/mol. The molecule has 0 spiro atoms. The standard InChI is InChI=1S/C19H30N4O6/c1-9(2)27-17(28-10(3)4)11-6-23(16-13(11)15(20)21-8-22-16)18-19(5,26)14(25)12(7-24)29-18/h6,8-10,12,14,17-18,24-26H,7H2,1-5H3,(H2,20,21,22)/t12-,14-,18-,19-/m1/s1. The van der Waals surface area contributed by atoms with Crippen molar-refractivity contribution >= 4 is 16.9 Å². The van der Waals surface area contributed by atoms with Crippen LogP contribution in [-0.4, -0.2) is 66.5 Å². The van der Waals surface area contributed by atoms with Gasteiger partial charge in [-0.05, 0) is 34.6 Å². The number of ether oxygens (including phenoxy) is 3. The van der Waals surface area contributed by atoms with Crippen molar-refractivity contribution in [2.24, 2.45) is 0 Å². The Bertz CT molecular complexity index is 843. The molecule has 0 aliphatic carbocycles. The number of aliphatic hydroxyl groups excluding tert-OH is 2. The summed E-state index contributed by atoms with van der Waals surface area (Å²) in [5.41, 5.74) is 5.45. The first-order valence-electron chi connectivity index (χ1n) is 9.66. The molecule has 2 aromatic rings. The van der Waals surface area contributed by atoms with Gasteiger partial charge in [0, 0.05) is 11.8 Å². The van der Waals surface area contributed by atoms with Crippen molar-refractivity contribution in [2.75, 3.05) is 12.3 Å². The number of hydrogen-bond acceptors (Lipinski definition) is 9. The van der Waals surface area contributed by atoms with Crippen molar-refractivity contribution in [1.29, 1.82) is 0 Å². The van der Waals surface area contributed by atoms with Crippen molar-refractivity contribution in [3.8, 4) is 0 Å². The van der Waals surface area contributed by atoms with Gasteiger partial charge in [-0.15, -0.1) is 0 Å². The molecule has 5 N–H and O–H groups in total. The smallest absolute Gasteiger partial charge is 0.186 e. The van der Waals surface area contributed by atoms with Gasteiger partial charge < -0.3 is 39.8 Å². The Morgan fingerprint density at radius 2 is 1.86 bits per heavy atom. The van der Waals surface area contributed by atoms with Crippen molar-refractivity contribution < 1.29 is 29.5 Å². The average Bonchev–Trinajstić information content (AvgIpc) is 3.11. The zero-order chi connectivity index (χ0) is 21.5. The fourth-order valence-corrected chi connectivity index (χ4v) is 3.56. The summed E-state index contributed by atoms with van der Waals surface area (Å²) in [5.74, 6) is 0.227. The van der Waals surface area contributed by atoms with Gasteiger partial charge in [-0.2, -0.15) is 0 Å². The first-order valence-corrected chi connectivity index (χ1v) is 9.66. The Morgan fingerprint density at radius 1 is 1.24 bits per heavy atom. The Kier molecular flexibility index (Phi) is 6.13. The maximum absolute atomic E-state index is 10.9. The Labute approximate surface area is 169 Å². The second kappa shape index (κ2) is 8.13. The lowest BCUT2D eigenvalue weighted by Crippen LogP contribution is -2.44. The largest absolute Gasteiger partial charge is 0.394 e. The first-order chi connectivity index (χ1) is 13.6. The molecule has 0 saturated carbocycles. The van der Waals surface area contributed by atoms with Crippen LogP contribution in [0.15, 0.2) is 12.5 Å². The molecule has 10 nitrogen and oxygen atoms in total. The second-order valence-corrected chi connectivity index (χ2v) is 8.03. The van der Waals surface area contributed by atoms with Gasteiger partial charge in [0.1, 0.15) is 35.6 Å². The topological polar surface area (TPSA) is 145 Å². The van der Waals surface area contributed by atoms with Crippen LogP contribution in [0, 0.1) is 0 Å². The van der Waals surface area contributed by atoms with E-state index < -0.39 is 36.9 Å². The number of anilines is 1. The van der Waals surface area contributed by atoms with Crippen LogP contribution in [0.25, 0.3) is 11.0 Å². The number of aromatic nitrogens is 3. The van der Waals surface area contributed by atoms with Crippen LogP contribution in [0.3, 0.4) is 0 Å². The molecule has 3 rings (SSSR count).